The highest BCUT2D eigenvalue weighted by Gasteiger charge is 2.35. The molecule has 0 spiro atoms. The average molecular weight is 387 g/mol. The third kappa shape index (κ3) is 5.06. The molecule has 1 N–H and O–H groups in total. The summed E-state index contributed by atoms with van der Waals surface area (Å²) in [7, 11) is 0. The number of nitrogens with zero attached hydrogens (tertiary/aromatic N) is 1. The molecule has 2 saturated heterocycles. The van der Waals surface area contributed by atoms with Crippen LogP contribution < -0.4 is 5.32 Å². The van der Waals surface area contributed by atoms with Gasteiger partial charge in [0.25, 0.3) is 0 Å². The molecule has 2 amide bonds. The van der Waals surface area contributed by atoms with Crippen LogP contribution in [0.15, 0.2) is 24.3 Å². The first-order chi connectivity index (χ1) is 13.8. The summed E-state index contributed by atoms with van der Waals surface area (Å²) in [6.07, 6.45) is 9.85. The molecule has 0 bridgehead atoms. The maximum atomic E-state index is 12.8. The number of rotatable bonds is 6. The van der Waals surface area contributed by atoms with Crippen LogP contribution in [0.1, 0.15) is 62.5 Å². The van der Waals surface area contributed by atoms with Crippen LogP contribution in [0.5, 0.6) is 0 Å². The molecule has 0 radical (unpaired) electrons. The highest BCUT2D eigenvalue weighted by atomic mass is 16.5. The van der Waals surface area contributed by atoms with Crippen LogP contribution in [0.4, 0.5) is 4.79 Å². The number of nitrogens with one attached hydrogen (secondary N) is 1. The van der Waals surface area contributed by atoms with Crippen LogP contribution in [0, 0.1) is 5.92 Å². The zero-order chi connectivity index (χ0) is 19.2. The second-order valence-corrected chi connectivity index (χ2v) is 8.55. The van der Waals surface area contributed by atoms with Crippen molar-refractivity contribution in [2.24, 2.45) is 5.92 Å². The molecule has 2 aliphatic heterocycles. The lowest BCUT2D eigenvalue weighted by Crippen LogP contribution is -2.45. The van der Waals surface area contributed by atoms with Gasteiger partial charge in [0.15, 0.2) is 0 Å². The van der Waals surface area contributed by atoms with Crippen molar-refractivity contribution in [2.75, 3.05) is 19.8 Å². The first-order valence-electron chi connectivity index (χ1n) is 11.1. The minimum absolute atomic E-state index is 0.109. The Hall–Kier alpha value is -1.59. The molecule has 1 saturated carbocycles. The van der Waals surface area contributed by atoms with E-state index in [0.29, 0.717) is 25.3 Å². The Labute approximate surface area is 168 Å². The van der Waals surface area contributed by atoms with E-state index in [1.54, 1.807) is 0 Å². The highest BCUT2D eigenvalue weighted by molar-refractivity contribution is 5.74. The van der Waals surface area contributed by atoms with E-state index in [0.717, 1.165) is 50.5 Å². The van der Waals surface area contributed by atoms with Gasteiger partial charge in [0, 0.05) is 32.3 Å². The predicted molar refractivity (Wildman–Crippen MR) is 109 cm³/mol. The summed E-state index contributed by atoms with van der Waals surface area (Å²) in [5.74, 6) is 0.721. The average Bonchev–Trinajstić information content (AvgIpc) is 3.43. The number of hydrogen-bond acceptors (Lipinski definition) is 3. The Kier molecular flexibility index (Phi) is 6.86. The maximum Gasteiger partial charge on any atom is 0.317 e. The molecule has 3 fully saturated rings. The topological polar surface area (TPSA) is 50.8 Å². The van der Waals surface area contributed by atoms with Gasteiger partial charge in [-0.3, -0.25) is 0 Å². The van der Waals surface area contributed by atoms with Crippen LogP contribution in [-0.2, 0) is 22.6 Å². The third-order valence-electron chi connectivity index (χ3n) is 6.59. The second-order valence-electron chi connectivity index (χ2n) is 8.55. The summed E-state index contributed by atoms with van der Waals surface area (Å²) in [6, 6.07) is 8.96. The van der Waals surface area contributed by atoms with Crippen molar-refractivity contribution >= 4 is 6.03 Å². The normalized spacial score (nSPS) is 24.0. The van der Waals surface area contributed by atoms with Crippen LogP contribution in [0.25, 0.3) is 0 Å². The molecule has 1 aliphatic carbocycles. The van der Waals surface area contributed by atoms with Crippen molar-refractivity contribution in [1.29, 1.82) is 0 Å². The van der Waals surface area contributed by atoms with E-state index in [1.807, 2.05) is 0 Å². The van der Waals surface area contributed by atoms with Gasteiger partial charge in [-0.1, -0.05) is 37.1 Å². The number of carbonyl (C=O) groups is 1. The first-order valence-corrected chi connectivity index (χ1v) is 11.1. The van der Waals surface area contributed by atoms with Gasteiger partial charge in [0.1, 0.15) is 0 Å². The molecule has 1 aromatic rings. The number of urea groups is 1. The summed E-state index contributed by atoms with van der Waals surface area (Å²) in [4.78, 5) is 14.9. The van der Waals surface area contributed by atoms with E-state index in [1.165, 1.54) is 37.7 Å². The highest BCUT2D eigenvalue weighted by Crippen LogP contribution is 2.35. The molecule has 0 aromatic heterocycles. The number of amides is 2. The number of carbonyl (C=O) groups excluding carboxylic acids is 1. The van der Waals surface area contributed by atoms with Crippen molar-refractivity contribution in [3.05, 3.63) is 35.4 Å². The summed E-state index contributed by atoms with van der Waals surface area (Å²) >= 11 is 0. The van der Waals surface area contributed by atoms with Crippen molar-refractivity contribution in [1.82, 2.24) is 10.2 Å². The SMILES string of the molecule is O=C(NCc1cccc(COC2CCOCC2)c1)N1CCCC1C1CCCC1. The molecular formula is C23H34N2O3. The van der Waals surface area contributed by atoms with E-state index in [4.69, 9.17) is 9.47 Å². The van der Waals surface area contributed by atoms with Gasteiger partial charge in [-0.05, 0) is 55.6 Å². The fourth-order valence-corrected chi connectivity index (χ4v) is 5.04. The minimum atomic E-state index is 0.109. The Morgan fingerprint density at radius 1 is 1.07 bits per heavy atom. The van der Waals surface area contributed by atoms with E-state index >= 15 is 0 Å². The maximum absolute atomic E-state index is 12.8. The molecule has 1 aromatic carbocycles. The zero-order valence-corrected chi connectivity index (χ0v) is 16.9. The Morgan fingerprint density at radius 2 is 1.86 bits per heavy atom. The fourth-order valence-electron chi connectivity index (χ4n) is 5.04. The van der Waals surface area contributed by atoms with Crippen LogP contribution in [-0.4, -0.2) is 42.8 Å². The summed E-state index contributed by atoms with van der Waals surface area (Å²) in [5, 5.41) is 3.16. The van der Waals surface area contributed by atoms with Crippen LogP contribution >= 0.6 is 0 Å². The summed E-state index contributed by atoms with van der Waals surface area (Å²) in [6.45, 7) is 3.72. The summed E-state index contributed by atoms with van der Waals surface area (Å²) in [5.41, 5.74) is 2.31. The number of benzene rings is 1. The molecule has 1 unspecified atom stereocenters. The van der Waals surface area contributed by atoms with Crippen LogP contribution in [0.3, 0.4) is 0 Å². The van der Waals surface area contributed by atoms with Gasteiger partial charge in [0.05, 0.1) is 12.7 Å². The fraction of sp³-hybridized carbons (Fsp3) is 0.696. The van der Waals surface area contributed by atoms with Crippen LogP contribution in [0.2, 0.25) is 0 Å². The Balaban J connectivity index is 1.26. The van der Waals surface area contributed by atoms with Gasteiger partial charge in [-0.15, -0.1) is 0 Å². The van der Waals surface area contributed by atoms with Gasteiger partial charge in [-0.25, -0.2) is 4.79 Å². The van der Waals surface area contributed by atoms with Gasteiger partial charge >= 0.3 is 6.03 Å². The zero-order valence-electron chi connectivity index (χ0n) is 16.9. The van der Waals surface area contributed by atoms with Crippen molar-refractivity contribution in [3.8, 4) is 0 Å². The Bertz CT molecular complexity index is 638. The lowest BCUT2D eigenvalue weighted by molar-refractivity contribution is -0.0390. The van der Waals surface area contributed by atoms with E-state index < -0.39 is 0 Å². The van der Waals surface area contributed by atoms with E-state index in [-0.39, 0.29) is 6.03 Å². The lowest BCUT2D eigenvalue weighted by Gasteiger charge is -2.29. The first kappa shape index (κ1) is 19.7. The number of likely N-dealkylation sites (tertiary alicyclic amines) is 1. The van der Waals surface area contributed by atoms with Crippen molar-refractivity contribution in [2.45, 2.75) is 76.7 Å². The summed E-state index contributed by atoms with van der Waals surface area (Å²) < 4.78 is 11.4. The van der Waals surface area contributed by atoms with Gasteiger partial charge in [0.2, 0.25) is 0 Å². The molecule has 3 aliphatic rings. The van der Waals surface area contributed by atoms with Gasteiger partial charge in [-0.2, -0.15) is 0 Å². The molecule has 28 heavy (non-hydrogen) atoms. The van der Waals surface area contributed by atoms with Crippen molar-refractivity contribution < 1.29 is 14.3 Å². The lowest BCUT2D eigenvalue weighted by atomic mass is 9.96. The predicted octanol–water partition coefficient (Wildman–Crippen LogP) is 4.25. The molecule has 154 valence electrons. The number of ether oxygens (including phenoxy) is 2. The molecule has 5 nitrogen and oxygen atoms in total. The third-order valence-corrected chi connectivity index (χ3v) is 6.59. The Morgan fingerprint density at radius 3 is 2.68 bits per heavy atom. The van der Waals surface area contributed by atoms with Gasteiger partial charge < -0.3 is 19.7 Å². The van der Waals surface area contributed by atoms with E-state index in [2.05, 4.69) is 34.5 Å². The quantitative estimate of drug-likeness (QED) is 0.795. The van der Waals surface area contributed by atoms with E-state index in [9.17, 15) is 4.79 Å². The molecule has 4 rings (SSSR count). The standard InChI is InChI=1S/C23H34N2O3/c26-23(25-12-4-9-22(25)20-7-1-2-8-20)24-16-18-5-3-6-19(15-18)17-28-21-10-13-27-14-11-21/h3,5-6,15,20-22H,1-2,4,7-14,16-17H2,(H,24,26). The van der Waals surface area contributed by atoms with Crippen molar-refractivity contribution in [3.63, 3.8) is 0 Å². The molecule has 2 heterocycles. The molecule has 1 atom stereocenters. The largest absolute Gasteiger partial charge is 0.381 e. The smallest absolute Gasteiger partial charge is 0.317 e. The molecular weight excluding hydrogens is 352 g/mol. The second kappa shape index (κ2) is 9.75. The monoisotopic (exact) mass is 386 g/mol. The number of hydrogen-bond donors (Lipinski definition) is 1. The molecule has 5 heteroatoms. The minimum Gasteiger partial charge on any atom is -0.381 e.